The van der Waals surface area contributed by atoms with Crippen LogP contribution in [0, 0.1) is 5.82 Å². The maximum absolute atomic E-state index is 13.6. The minimum atomic E-state index is -4.07. The van der Waals surface area contributed by atoms with E-state index < -0.39 is 48.5 Å². The highest BCUT2D eigenvalue weighted by Crippen LogP contribution is 2.45. The lowest BCUT2D eigenvalue weighted by Gasteiger charge is -2.30. The number of nitrogens with zero attached hydrogens (tertiary/aromatic N) is 2. The fourth-order valence-corrected chi connectivity index (χ4v) is 9.22. The van der Waals surface area contributed by atoms with Crippen molar-refractivity contribution in [3.8, 4) is 10.4 Å². The number of carbonyl (C=O) groups excluding carboxylic acids is 1. The molecule has 2 N–H and O–H groups in total. The maximum Gasteiger partial charge on any atom is 0.245 e. The number of benzene rings is 1. The molecule has 1 amide bonds. The standard InChI is InChI=1S/C22H22FN3O6S3/c23-17-5-3-16(4-6-17)19-7-8-20(33-19)22(14-21(27)25-28)9-11-26(12-13-34(22,29)30)35(31,32)18-2-1-10-24-15-18/h1-8,10,15,28H,9,11-14H2,(H,25,27). The van der Waals surface area contributed by atoms with Crippen molar-refractivity contribution in [1.82, 2.24) is 14.8 Å². The number of sulfone groups is 1. The minimum Gasteiger partial charge on any atom is -0.289 e. The number of rotatable bonds is 6. The number of halogens is 1. The second-order valence-corrected chi connectivity index (χ2v) is 13.5. The van der Waals surface area contributed by atoms with Crippen molar-refractivity contribution in [2.75, 3.05) is 18.8 Å². The topological polar surface area (TPSA) is 134 Å². The Balaban J connectivity index is 1.76. The van der Waals surface area contributed by atoms with Crippen molar-refractivity contribution < 1.29 is 31.2 Å². The summed E-state index contributed by atoms with van der Waals surface area (Å²) in [6, 6.07) is 11.8. The highest BCUT2D eigenvalue weighted by atomic mass is 32.2. The first-order valence-electron chi connectivity index (χ1n) is 10.5. The lowest BCUT2D eigenvalue weighted by molar-refractivity contribution is -0.129. The van der Waals surface area contributed by atoms with Gasteiger partial charge in [-0.3, -0.25) is 15.0 Å². The Hall–Kier alpha value is -2.71. The first-order chi connectivity index (χ1) is 16.6. The van der Waals surface area contributed by atoms with E-state index in [0.717, 1.165) is 15.6 Å². The van der Waals surface area contributed by atoms with E-state index >= 15 is 0 Å². The quantitative estimate of drug-likeness (QED) is 0.363. The van der Waals surface area contributed by atoms with Gasteiger partial charge in [-0.05, 0) is 48.4 Å². The largest absolute Gasteiger partial charge is 0.289 e. The van der Waals surface area contributed by atoms with Crippen LogP contribution in [0.4, 0.5) is 4.39 Å². The van der Waals surface area contributed by atoms with Gasteiger partial charge in [0, 0.05) is 35.2 Å². The zero-order valence-electron chi connectivity index (χ0n) is 18.3. The van der Waals surface area contributed by atoms with Crippen molar-refractivity contribution in [1.29, 1.82) is 0 Å². The monoisotopic (exact) mass is 539 g/mol. The van der Waals surface area contributed by atoms with E-state index in [0.29, 0.717) is 15.3 Å². The average molecular weight is 540 g/mol. The molecule has 1 fully saturated rings. The van der Waals surface area contributed by atoms with Crippen LogP contribution in [0.1, 0.15) is 17.7 Å². The van der Waals surface area contributed by atoms with Crippen LogP contribution < -0.4 is 5.48 Å². The first-order valence-corrected chi connectivity index (χ1v) is 14.4. The van der Waals surface area contributed by atoms with Gasteiger partial charge in [0.1, 0.15) is 15.5 Å². The summed E-state index contributed by atoms with van der Waals surface area (Å²) in [4.78, 5) is 17.0. The van der Waals surface area contributed by atoms with E-state index in [1.807, 2.05) is 0 Å². The summed E-state index contributed by atoms with van der Waals surface area (Å²) < 4.78 is 66.2. The number of aromatic nitrogens is 1. The summed E-state index contributed by atoms with van der Waals surface area (Å²) in [5, 5.41) is 9.17. The highest BCUT2D eigenvalue weighted by Gasteiger charge is 2.50. The molecule has 1 aromatic carbocycles. The number of carbonyl (C=O) groups is 1. The van der Waals surface area contributed by atoms with Gasteiger partial charge in [0.25, 0.3) is 0 Å². The smallest absolute Gasteiger partial charge is 0.245 e. The lowest BCUT2D eigenvalue weighted by Crippen LogP contribution is -2.41. The number of amides is 1. The number of hydroxylamine groups is 1. The third kappa shape index (κ3) is 4.86. The number of hydrogen-bond acceptors (Lipinski definition) is 8. The third-order valence-electron chi connectivity index (χ3n) is 6.00. The van der Waals surface area contributed by atoms with Crippen molar-refractivity contribution in [3.05, 3.63) is 71.6 Å². The minimum absolute atomic E-state index is 0.0623. The second kappa shape index (κ2) is 9.74. The van der Waals surface area contributed by atoms with E-state index in [-0.39, 0.29) is 24.4 Å². The van der Waals surface area contributed by atoms with Crippen molar-refractivity contribution in [3.63, 3.8) is 0 Å². The van der Waals surface area contributed by atoms with E-state index in [1.54, 1.807) is 24.3 Å². The Labute approximate surface area is 206 Å². The molecule has 13 heteroatoms. The Bertz CT molecular complexity index is 1430. The normalized spacial score (nSPS) is 20.7. The molecule has 3 aromatic rings. The molecule has 1 saturated heterocycles. The number of hydrogen-bond donors (Lipinski definition) is 2. The molecule has 1 atom stereocenters. The van der Waals surface area contributed by atoms with Crippen LogP contribution in [-0.4, -0.2) is 56.1 Å². The molecular formula is C22H22FN3O6S3. The fourth-order valence-electron chi connectivity index (χ4n) is 4.09. The average Bonchev–Trinajstić information content (AvgIpc) is 3.29. The molecule has 0 aliphatic carbocycles. The molecular weight excluding hydrogens is 517 g/mol. The Morgan fingerprint density at radius 3 is 2.57 bits per heavy atom. The molecule has 9 nitrogen and oxygen atoms in total. The van der Waals surface area contributed by atoms with Gasteiger partial charge in [-0.2, -0.15) is 4.31 Å². The van der Waals surface area contributed by atoms with Gasteiger partial charge < -0.3 is 0 Å². The summed E-state index contributed by atoms with van der Waals surface area (Å²) in [6.45, 7) is -0.461. The number of thiophene rings is 1. The number of sulfonamides is 1. The van der Waals surface area contributed by atoms with Gasteiger partial charge in [-0.25, -0.2) is 26.7 Å². The highest BCUT2D eigenvalue weighted by molar-refractivity contribution is 7.92. The van der Waals surface area contributed by atoms with Crippen molar-refractivity contribution in [2.24, 2.45) is 0 Å². The summed E-state index contributed by atoms with van der Waals surface area (Å²) in [5.41, 5.74) is 2.16. The zero-order valence-corrected chi connectivity index (χ0v) is 20.7. The van der Waals surface area contributed by atoms with Gasteiger partial charge >= 0.3 is 0 Å². The Kier molecular flexibility index (Phi) is 7.06. The van der Waals surface area contributed by atoms with Crippen LogP contribution in [0.25, 0.3) is 10.4 Å². The molecule has 0 saturated carbocycles. The lowest BCUT2D eigenvalue weighted by atomic mass is 9.97. The summed E-state index contributed by atoms with van der Waals surface area (Å²) in [6.07, 6.45) is 1.83. The molecule has 0 radical (unpaired) electrons. The molecule has 4 rings (SSSR count). The van der Waals surface area contributed by atoms with Crippen LogP contribution in [0.5, 0.6) is 0 Å². The Morgan fingerprint density at radius 2 is 1.91 bits per heavy atom. The van der Waals surface area contributed by atoms with Crippen LogP contribution >= 0.6 is 11.3 Å². The number of pyridine rings is 1. The predicted molar refractivity (Wildman–Crippen MR) is 127 cm³/mol. The maximum atomic E-state index is 13.6. The zero-order chi connectivity index (χ0) is 25.3. The molecule has 1 aliphatic rings. The van der Waals surface area contributed by atoms with Gasteiger partial charge in [0.05, 0.1) is 12.2 Å². The van der Waals surface area contributed by atoms with Gasteiger partial charge in [-0.1, -0.05) is 12.1 Å². The van der Waals surface area contributed by atoms with E-state index in [2.05, 4.69) is 4.98 Å². The van der Waals surface area contributed by atoms with E-state index in [9.17, 15) is 26.0 Å². The van der Waals surface area contributed by atoms with Gasteiger partial charge in [-0.15, -0.1) is 11.3 Å². The first kappa shape index (κ1) is 25.4. The molecule has 3 heterocycles. The fraction of sp³-hybridized carbons (Fsp3) is 0.273. The predicted octanol–water partition coefficient (Wildman–Crippen LogP) is 2.55. The molecule has 1 unspecified atom stereocenters. The molecule has 2 aromatic heterocycles. The summed E-state index contributed by atoms with van der Waals surface area (Å²) in [7, 11) is -8.09. The van der Waals surface area contributed by atoms with Crippen molar-refractivity contribution >= 4 is 37.1 Å². The van der Waals surface area contributed by atoms with Gasteiger partial charge in [0.2, 0.25) is 15.9 Å². The van der Waals surface area contributed by atoms with Gasteiger partial charge in [0.15, 0.2) is 9.84 Å². The van der Waals surface area contributed by atoms with E-state index in [4.69, 9.17) is 5.21 Å². The van der Waals surface area contributed by atoms with Crippen LogP contribution in [0.2, 0.25) is 0 Å². The van der Waals surface area contributed by atoms with Crippen LogP contribution in [0.3, 0.4) is 0 Å². The number of nitrogens with one attached hydrogen (secondary N) is 1. The van der Waals surface area contributed by atoms with E-state index in [1.165, 1.54) is 42.1 Å². The van der Waals surface area contributed by atoms with Crippen LogP contribution in [0.15, 0.2) is 65.8 Å². The molecule has 0 bridgehead atoms. The van der Waals surface area contributed by atoms with Crippen LogP contribution in [-0.2, 0) is 29.4 Å². The SMILES string of the molecule is O=C(CC1(c2ccc(-c3ccc(F)cc3)s2)CCN(S(=O)(=O)c2cccnc2)CCS1(=O)=O)NO. The summed E-state index contributed by atoms with van der Waals surface area (Å²) >= 11 is 1.13. The molecule has 186 valence electrons. The molecule has 0 spiro atoms. The second-order valence-electron chi connectivity index (χ2n) is 8.04. The summed E-state index contributed by atoms with van der Waals surface area (Å²) in [5.74, 6) is -1.84. The third-order valence-corrected chi connectivity index (χ3v) is 11.8. The van der Waals surface area contributed by atoms with Crippen molar-refractivity contribution in [2.45, 2.75) is 22.5 Å². The Morgan fingerprint density at radius 1 is 1.17 bits per heavy atom. The molecule has 1 aliphatic heterocycles. The molecule has 35 heavy (non-hydrogen) atoms.